The van der Waals surface area contributed by atoms with E-state index in [4.69, 9.17) is 28.2 Å². The van der Waals surface area contributed by atoms with Crippen molar-refractivity contribution in [2.75, 3.05) is 13.2 Å². The Balaban J connectivity index is 1.60. The van der Waals surface area contributed by atoms with Crippen LogP contribution in [-0.4, -0.2) is 25.1 Å². The zero-order valence-electron chi connectivity index (χ0n) is 19.7. The molecule has 0 aromatic heterocycles. The van der Waals surface area contributed by atoms with E-state index in [-0.39, 0.29) is 52.3 Å². The van der Waals surface area contributed by atoms with Gasteiger partial charge >= 0.3 is 0 Å². The largest absolute Gasteiger partial charge is 0.490 e. The second-order valence-corrected chi connectivity index (χ2v) is 9.57. The molecule has 1 fully saturated rings. The van der Waals surface area contributed by atoms with E-state index in [1.165, 1.54) is 12.1 Å². The Hall–Kier alpha value is -3.16. The van der Waals surface area contributed by atoms with E-state index in [2.05, 4.69) is 5.32 Å². The normalized spacial score (nSPS) is 22.8. The van der Waals surface area contributed by atoms with E-state index in [0.717, 1.165) is 24.9 Å². The number of ether oxygens (including phenoxy) is 2. The minimum Gasteiger partial charge on any atom is -0.490 e. The van der Waals surface area contributed by atoms with Gasteiger partial charge in [-0.1, -0.05) is 41.9 Å². The molecule has 5 nitrogen and oxygen atoms in total. The minimum absolute atomic E-state index is 0.0257. The van der Waals surface area contributed by atoms with Gasteiger partial charge in [0.1, 0.15) is 11.6 Å². The molecule has 8 heteroatoms. The predicted octanol–water partition coefficient (Wildman–Crippen LogP) is 4.90. The number of nitrogens with one attached hydrogen (secondary N) is 1. The third-order valence-electron chi connectivity index (χ3n) is 7.28. The van der Waals surface area contributed by atoms with Crippen LogP contribution < -0.4 is 20.5 Å². The maximum absolute atomic E-state index is 15.9. The van der Waals surface area contributed by atoms with Gasteiger partial charge in [-0.2, -0.15) is 0 Å². The monoisotopic (exact) mass is 497 g/mol. The highest BCUT2D eigenvalue weighted by Crippen LogP contribution is 2.53. The minimum atomic E-state index is -0.936. The zero-order chi connectivity index (χ0) is 25.2. The first kappa shape index (κ1) is 21.1. The van der Waals surface area contributed by atoms with Crippen LogP contribution in [-0.2, 0) is 18.4 Å². The van der Waals surface area contributed by atoms with E-state index >= 15 is 8.78 Å². The lowest BCUT2D eigenvalue weighted by atomic mass is 9.80. The van der Waals surface area contributed by atoms with Gasteiger partial charge in [0.15, 0.2) is 17.2 Å². The second-order valence-electron chi connectivity index (χ2n) is 9.19. The van der Waals surface area contributed by atoms with Crippen molar-refractivity contribution < 1.29 is 24.4 Å². The van der Waals surface area contributed by atoms with Crippen molar-refractivity contribution >= 4 is 17.5 Å². The summed E-state index contributed by atoms with van der Waals surface area (Å²) in [5, 5.41) is 3.17. The van der Waals surface area contributed by atoms with Gasteiger partial charge in [-0.05, 0) is 31.0 Å². The van der Waals surface area contributed by atoms with Gasteiger partial charge in [-0.3, -0.25) is 4.79 Å². The standard InChI is InChI=1S/C27H23ClF2N2O3/c28-23-18(29)12-19-17(13-27(35-19,20-7-4-9-32-20)15-5-2-1-3-6-15)21(23)22-16(26(31)33)11-14-8-10-34-25(14)24(22)30/h1-3,5-6,11-12,20,32H,4,7-10,13H2,(H2,31,33)/t20-,27-/m0/s1/i1D. The molecule has 0 spiro atoms. The van der Waals surface area contributed by atoms with Crippen LogP contribution in [0.5, 0.6) is 11.5 Å². The summed E-state index contributed by atoms with van der Waals surface area (Å²) in [4.78, 5) is 12.5. The molecule has 3 aromatic carbocycles. The lowest BCUT2D eigenvalue weighted by Gasteiger charge is -2.35. The molecule has 0 radical (unpaired) electrons. The van der Waals surface area contributed by atoms with Crippen LogP contribution in [0.4, 0.5) is 8.78 Å². The Morgan fingerprint density at radius 1 is 1.26 bits per heavy atom. The summed E-state index contributed by atoms with van der Waals surface area (Å²) in [7, 11) is 0. The summed E-state index contributed by atoms with van der Waals surface area (Å²) in [6.07, 6.45) is 2.44. The first-order valence-corrected chi connectivity index (χ1v) is 12.0. The van der Waals surface area contributed by atoms with E-state index in [1.807, 2.05) is 12.1 Å². The highest BCUT2D eigenvalue weighted by molar-refractivity contribution is 6.34. The fourth-order valence-electron chi connectivity index (χ4n) is 5.70. The Bertz CT molecular complexity index is 1410. The maximum Gasteiger partial charge on any atom is 0.249 e. The zero-order valence-corrected chi connectivity index (χ0v) is 19.5. The molecule has 3 aliphatic rings. The smallest absolute Gasteiger partial charge is 0.249 e. The molecular weight excluding hydrogens is 474 g/mol. The summed E-state index contributed by atoms with van der Waals surface area (Å²) < 4.78 is 51.1. The number of rotatable bonds is 4. The van der Waals surface area contributed by atoms with Crippen LogP contribution in [0.3, 0.4) is 0 Å². The SMILES string of the molecule is [2H]c1ccc([C@]2([C@@H]3CCCN3)Cc3c(cc(F)c(Cl)c3-c3c(C(N)=O)cc4c(c3F)OCC4)O2)cc1. The van der Waals surface area contributed by atoms with Gasteiger partial charge in [0.05, 0.1) is 24.6 Å². The number of hydrogen-bond acceptors (Lipinski definition) is 4. The third-order valence-corrected chi connectivity index (χ3v) is 7.65. The molecule has 6 rings (SSSR count). The fourth-order valence-corrected chi connectivity index (χ4v) is 5.96. The van der Waals surface area contributed by atoms with E-state index in [9.17, 15) is 4.79 Å². The molecular formula is C27H23ClF2N2O3. The molecule has 0 unspecified atom stereocenters. The highest BCUT2D eigenvalue weighted by atomic mass is 35.5. The van der Waals surface area contributed by atoms with Crippen LogP contribution >= 0.6 is 11.6 Å². The summed E-state index contributed by atoms with van der Waals surface area (Å²) in [5.41, 5.74) is 6.35. The Morgan fingerprint density at radius 3 is 2.77 bits per heavy atom. The fraction of sp³-hybridized carbons (Fsp3) is 0.296. The average Bonchev–Trinajstić information content (AvgIpc) is 3.61. The Kier molecular flexibility index (Phi) is 4.96. The molecule has 35 heavy (non-hydrogen) atoms. The average molecular weight is 498 g/mol. The molecule has 0 aliphatic carbocycles. The number of fused-ring (bicyclic) bond motifs is 2. The van der Waals surface area contributed by atoms with Crippen molar-refractivity contribution in [1.82, 2.24) is 5.32 Å². The third kappa shape index (κ3) is 3.32. The van der Waals surface area contributed by atoms with Gasteiger partial charge < -0.3 is 20.5 Å². The van der Waals surface area contributed by atoms with Crippen molar-refractivity contribution in [1.29, 1.82) is 0 Å². The number of nitrogens with two attached hydrogens (primary N) is 1. The molecule has 3 N–H and O–H groups in total. The van der Waals surface area contributed by atoms with Crippen LogP contribution in [0, 0.1) is 11.6 Å². The quantitative estimate of drug-likeness (QED) is 0.537. The Labute approximate surface area is 207 Å². The summed E-state index contributed by atoms with van der Waals surface area (Å²) in [6, 6.07) is 9.96. The van der Waals surface area contributed by atoms with E-state index < -0.39 is 23.1 Å². The van der Waals surface area contributed by atoms with E-state index in [0.29, 0.717) is 23.6 Å². The van der Waals surface area contributed by atoms with Crippen molar-refractivity contribution in [3.63, 3.8) is 0 Å². The van der Waals surface area contributed by atoms with Gasteiger partial charge in [0.25, 0.3) is 0 Å². The first-order chi connectivity index (χ1) is 17.3. The molecule has 3 heterocycles. The molecule has 3 aliphatic heterocycles. The van der Waals surface area contributed by atoms with Gasteiger partial charge in [-0.15, -0.1) is 0 Å². The number of carbonyl (C=O) groups excluding carboxylic acids is 1. The lowest BCUT2D eigenvalue weighted by molar-refractivity contribution is 0.0539. The van der Waals surface area contributed by atoms with Crippen LogP contribution in [0.15, 0.2) is 42.4 Å². The lowest BCUT2D eigenvalue weighted by Crippen LogP contribution is -2.48. The molecule has 0 saturated carbocycles. The molecule has 0 bridgehead atoms. The van der Waals surface area contributed by atoms with Crippen molar-refractivity contribution in [2.45, 2.75) is 37.3 Å². The van der Waals surface area contributed by atoms with Crippen molar-refractivity contribution in [3.05, 3.63) is 81.4 Å². The number of amides is 1. The van der Waals surface area contributed by atoms with Crippen molar-refractivity contribution in [2.24, 2.45) is 5.73 Å². The van der Waals surface area contributed by atoms with Crippen LogP contribution in [0.2, 0.25) is 5.02 Å². The molecule has 180 valence electrons. The van der Waals surface area contributed by atoms with Crippen molar-refractivity contribution in [3.8, 4) is 22.6 Å². The number of halogens is 3. The summed E-state index contributed by atoms with van der Waals surface area (Å²) in [6.45, 7) is 1.07. The number of benzene rings is 3. The summed E-state index contributed by atoms with van der Waals surface area (Å²) in [5.74, 6) is -2.17. The van der Waals surface area contributed by atoms with Crippen LogP contribution in [0.25, 0.3) is 11.1 Å². The highest BCUT2D eigenvalue weighted by Gasteiger charge is 2.50. The molecule has 1 saturated heterocycles. The second kappa shape index (κ2) is 8.21. The van der Waals surface area contributed by atoms with Gasteiger partial charge in [-0.25, -0.2) is 8.78 Å². The van der Waals surface area contributed by atoms with Gasteiger partial charge in [0, 0.05) is 41.2 Å². The Morgan fingerprint density at radius 2 is 2.06 bits per heavy atom. The molecule has 2 atom stereocenters. The number of carbonyl (C=O) groups is 1. The first-order valence-electron chi connectivity index (χ1n) is 12.1. The summed E-state index contributed by atoms with van der Waals surface area (Å²) >= 11 is 6.50. The number of hydrogen-bond donors (Lipinski definition) is 2. The maximum atomic E-state index is 15.9. The number of primary amides is 1. The van der Waals surface area contributed by atoms with Crippen LogP contribution in [0.1, 0.15) is 41.3 Å². The molecule has 3 aromatic rings. The predicted molar refractivity (Wildman–Crippen MR) is 128 cm³/mol. The van der Waals surface area contributed by atoms with Gasteiger partial charge in [0.2, 0.25) is 5.91 Å². The topological polar surface area (TPSA) is 73.6 Å². The van der Waals surface area contributed by atoms with E-state index in [1.54, 1.807) is 12.1 Å². The molecule has 1 amide bonds.